The number of anilines is 1. The van der Waals surface area contributed by atoms with Crippen LogP contribution in [0.2, 0.25) is 0 Å². The van der Waals surface area contributed by atoms with E-state index in [4.69, 9.17) is 19.6 Å². The molecule has 0 amide bonds. The van der Waals surface area contributed by atoms with Crippen molar-refractivity contribution in [2.75, 3.05) is 24.6 Å². The maximum Gasteiger partial charge on any atom is 0.337 e. The average molecular weight is 598 g/mol. The number of benzene rings is 1. The Morgan fingerprint density at radius 1 is 1.09 bits per heavy atom. The highest BCUT2D eigenvalue weighted by atomic mass is 16.5. The Kier molecular flexibility index (Phi) is 8.20. The summed E-state index contributed by atoms with van der Waals surface area (Å²) in [5.74, 6) is -0.324. The molecule has 232 valence electrons. The van der Waals surface area contributed by atoms with Gasteiger partial charge in [-0.1, -0.05) is 24.6 Å². The van der Waals surface area contributed by atoms with Crippen molar-refractivity contribution in [3.8, 4) is 22.4 Å². The second kappa shape index (κ2) is 11.9. The summed E-state index contributed by atoms with van der Waals surface area (Å²) in [6.07, 6.45) is 8.46. The van der Waals surface area contributed by atoms with Gasteiger partial charge < -0.3 is 19.5 Å². The van der Waals surface area contributed by atoms with E-state index in [2.05, 4.69) is 47.1 Å². The summed E-state index contributed by atoms with van der Waals surface area (Å²) < 4.78 is 14.5. The van der Waals surface area contributed by atoms with Crippen molar-refractivity contribution >= 4 is 17.4 Å². The number of aromatic nitrogens is 4. The highest BCUT2D eigenvalue weighted by molar-refractivity contribution is 5.79. The molecule has 3 aliphatic rings. The monoisotopic (exact) mass is 597 g/mol. The van der Waals surface area contributed by atoms with Crippen molar-refractivity contribution in [3.05, 3.63) is 65.6 Å². The number of pyridine rings is 1. The zero-order chi connectivity index (χ0) is 31.1. The molecule has 0 saturated carbocycles. The molecule has 1 saturated heterocycles. The first-order chi connectivity index (χ1) is 21.0. The Labute approximate surface area is 259 Å². The summed E-state index contributed by atoms with van der Waals surface area (Å²) in [5.41, 5.74) is 6.16. The molecule has 9 heteroatoms. The SMILES string of the molecule is Cc1nc2cc3nn2c(c1C(OC(C)(C)C)C(=O)O)N1CCC(C)(CC1)OCCCCCc1ccncc1-c1cccc-3c1. The van der Waals surface area contributed by atoms with Crippen molar-refractivity contribution in [2.45, 2.75) is 90.4 Å². The summed E-state index contributed by atoms with van der Waals surface area (Å²) in [7, 11) is 0. The molecule has 7 rings (SSSR count). The van der Waals surface area contributed by atoms with Gasteiger partial charge in [0.05, 0.1) is 22.5 Å². The summed E-state index contributed by atoms with van der Waals surface area (Å²) in [6, 6.07) is 12.5. The first kappa shape index (κ1) is 30.2. The lowest BCUT2D eigenvalue weighted by atomic mass is 9.92. The van der Waals surface area contributed by atoms with Crippen molar-refractivity contribution in [1.29, 1.82) is 0 Å². The minimum atomic E-state index is -1.20. The molecular weight excluding hydrogens is 554 g/mol. The predicted octanol–water partition coefficient (Wildman–Crippen LogP) is 6.81. The Morgan fingerprint density at radius 2 is 1.86 bits per heavy atom. The van der Waals surface area contributed by atoms with Crippen LogP contribution in [-0.4, -0.2) is 61.6 Å². The fourth-order valence-electron chi connectivity index (χ4n) is 6.45. The van der Waals surface area contributed by atoms with Gasteiger partial charge in [0.2, 0.25) is 0 Å². The highest BCUT2D eigenvalue weighted by Gasteiger charge is 2.37. The van der Waals surface area contributed by atoms with Gasteiger partial charge in [-0.3, -0.25) is 4.98 Å². The molecule has 6 heterocycles. The van der Waals surface area contributed by atoms with Crippen LogP contribution in [0.3, 0.4) is 0 Å². The number of aryl methyl sites for hydroxylation is 2. The fourth-order valence-corrected chi connectivity index (χ4v) is 6.45. The summed E-state index contributed by atoms with van der Waals surface area (Å²) in [5, 5.41) is 15.5. The van der Waals surface area contributed by atoms with Gasteiger partial charge in [0.15, 0.2) is 11.8 Å². The van der Waals surface area contributed by atoms with Gasteiger partial charge in [-0.05, 0) is 90.0 Å². The highest BCUT2D eigenvalue weighted by Crippen LogP contribution is 2.39. The number of carboxylic acid groups (broad SMARTS) is 1. The van der Waals surface area contributed by atoms with Gasteiger partial charge in [0.25, 0.3) is 0 Å². The third-order valence-electron chi connectivity index (χ3n) is 8.80. The number of rotatable bonds is 3. The first-order valence-corrected chi connectivity index (χ1v) is 15.7. The maximum atomic E-state index is 12.8. The second-order valence-corrected chi connectivity index (χ2v) is 13.4. The Hall–Kier alpha value is -3.82. The van der Waals surface area contributed by atoms with E-state index in [-0.39, 0.29) is 5.60 Å². The van der Waals surface area contributed by atoms with Crippen molar-refractivity contribution in [1.82, 2.24) is 19.6 Å². The Morgan fingerprint density at radius 3 is 2.61 bits per heavy atom. The quantitative estimate of drug-likeness (QED) is 0.275. The number of carbonyl (C=O) groups is 1. The molecule has 1 N–H and O–H groups in total. The van der Waals surface area contributed by atoms with Crippen LogP contribution in [0.1, 0.15) is 82.7 Å². The number of fused-ring (bicyclic) bond motifs is 7. The van der Waals surface area contributed by atoms with E-state index in [9.17, 15) is 9.90 Å². The fraction of sp³-hybridized carbons (Fsp3) is 0.486. The van der Waals surface area contributed by atoms with Crippen LogP contribution in [0.25, 0.3) is 28.0 Å². The van der Waals surface area contributed by atoms with E-state index in [1.807, 2.05) is 50.7 Å². The third kappa shape index (κ3) is 6.21. The number of hydrogen-bond donors (Lipinski definition) is 1. The molecule has 44 heavy (non-hydrogen) atoms. The third-order valence-corrected chi connectivity index (χ3v) is 8.80. The van der Waals surface area contributed by atoms with Crippen LogP contribution in [0.4, 0.5) is 5.82 Å². The van der Waals surface area contributed by atoms with Crippen molar-refractivity contribution < 1.29 is 19.4 Å². The number of piperidine rings is 1. The minimum absolute atomic E-state index is 0.235. The van der Waals surface area contributed by atoms with Gasteiger partial charge in [-0.2, -0.15) is 9.61 Å². The van der Waals surface area contributed by atoms with E-state index in [0.717, 1.165) is 73.3 Å². The molecule has 9 nitrogen and oxygen atoms in total. The smallest absolute Gasteiger partial charge is 0.337 e. The first-order valence-electron chi connectivity index (χ1n) is 15.7. The number of aliphatic carboxylic acids is 1. The molecule has 0 spiro atoms. The summed E-state index contributed by atoms with van der Waals surface area (Å²) >= 11 is 0. The molecule has 1 unspecified atom stereocenters. The molecule has 3 aliphatic heterocycles. The van der Waals surface area contributed by atoms with E-state index in [0.29, 0.717) is 30.0 Å². The van der Waals surface area contributed by atoms with Crippen LogP contribution >= 0.6 is 0 Å². The van der Waals surface area contributed by atoms with Crippen LogP contribution in [0.5, 0.6) is 0 Å². The molecule has 3 aromatic heterocycles. The molecule has 1 aromatic carbocycles. The molecular formula is C35H43N5O4. The molecule has 0 aliphatic carbocycles. The van der Waals surface area contributed by atoms with E-state index >= 15 is 0 Å². The molecule has 0 radical (unpaired) electrons. The lowest BCUT2D eigenvalue weighted by Crippen LogP contribution is -2.46. The number of hydrogen-bond acceptors (Lipinski definition) is 7. The van der Waals surface area contributed by atoms with Gasteiger partial charge in [-0.25, -0.2) is 9.78 Å². The maximum absolute atomic E-state index is 12.8. The van der Waals surface area contributed by atoms with E-state index < -0.39 is 17.7 Å². The van der Waals surface area contributed by atoms with Gasteiger partial charge in [-0.15, -0.1) is 0 Å². The molecule has 4 aromatic rings. The largest absolute Gasteiger partial charge is 0.479 e. The number of carboxylic acids is 1. The van der Waals surface area contributed by atoms with E-state index in [1.54, 1.807) is 0 Å². The van der Waals surface area contributed by atoms with Crippen LogP contribution in [0.15, 0.2) is 48.8 Å². The Bertz CT molecular complexity index is 1670. The average Bonchev–Trinajstić information content (AvgIpc) is 3.41. The van der Waals surface area contributed by atoms with Crippen LogP contribution < -0.4 is 4.90 Å². The minimum Gasteiger partial charge on any atom is -0.479 e. The zero-order valence-electron chi connectivity index (χ0n) is 26.5. The van der Waals surface area contributed by atoms with Gasteiger partial charge >= 0.3 is 5.97 Å². The van der Waals surface area contributed by atoms with Gasteiger partial charge in [0, 0.05) is 55.0 Å². The molecule has 1 fully saturated rings. The molecule has 6 bridgehead atoms. The lowest BCUT2D eigenvalue weighted by Gasteiger charge is -2.41. The predicted molar refractivity (Wildman–Crippen MR) is 171 cm³/mol. The number of nitrogens with zero attached hydrogens (tertiary/aromatic N) is 5. The standard InChI is InChI=1S/C35H43N5O4/c1-23-30(31(33(41)42)44-34(2,3)4)32-39-17-14-35(5,15-18-39)43-19-8-6-7-10-24-13-16-36-22-27(24)25-11-9-12-26(20-25)28-21-29(37-23)40(32)38-28/h9,11-13,16,20-22,31H,6-8,10,14-15,17-19H2,1-5H3,(H,41,42). The summed E-state index contributed by atoms with van der Waals surface area (Å²) in [6.45, 7) is 11.8. The lowest BCUT2D eigenvalue weighted by molar-refractivity contribution is -0.160. The normalized spacial score (nSPS) is 18.0. The van der Waals surface area contributed by atoms with Crippen molar-refractivity contribution in [2.24, 2.45) is 0 Å². The van der Waals surface area contributed by atoms with E-state index in [1.165, 1.54) is 5.56 Å². The van der Waals surface area contributed by atoms with Crippen LogP contribution in [-0.2, 0) is 20.7 Å². The van der Waals surface area contributed by atoms with Gasteiger partial charge in [0.1, 0.15) is 5.82 Å². The Balaban J connectivity index is 1.54. The number of ether oxygens (including phenoxy) is 2. The second-order valence-electron chi connectivity index (χ2n) is 13.4. The topological polar surface area (TPSA) is 102 Å². The summed E-state index contributed by atoms with van der Waals surface area (Å²) in [4.78, 5) is 24.3. The van der Waals surface area contributed by atoms with Crippen LogP contribution in [0, 0.1) is 6.92 Å². The zero-order valence-corrected chi connectivity index (χ0v) is 26.5. The molecule has 1 atom stereocenters. The van der Waals surface area contributed by atoms with Crippen molar-refractivity contribution in [3.63, 3.8) is 0 Å².